The van der Waals surface area contributed by atoms with E-state index in [2.05, 4.69) is 5.32 Å². The fraction of sp³-hybridized carbons (Fsp3) is 0.143. The van der Waals surface area contributed by atoms with E-state index in [0.29, 0.717) is 11.6 Å². The molecule has 1 atom stereocenters. The molecule has 2 nitrogen and oxygen atoms in total. The zero-order valence-electron chi connectivity index (χ0n) is 13.7. The van der Waals surface area contributed by atoms with Crippen LogP contribution in [0.25, 0.3) is 0 Å². The highest BCUT2D eigenvalue weighted by Gasteiger charge is 2.33. The molecule has 0 saturated carbocycles. The van der Waals surface area contributed by atoms with Crippen molar-refractivity contribution >= 4 is 23.2 Å². The maximum atomic E-state index is 11.5. The Morgan fingerprint density at radius 1 is 0.720 bits per heavy atom. The van der Waals surface area contributed by atoms with Crippen LogP contribution >= 0.6 is 23.2 Å². The van der Waals surface area contributed by atoms with Crippen molar-refractivity contribution in [3.8, 4) is 0 Å². The van der Waals surface area contributed by atoms with Gasteiger partial charge < -0.3 is 10.4 Å². The second kappa shape index (κ2) is 8.03. The number of benzene rings is 3. The van der Waals surface area contributed by atoms with Gasteiger partial charge >= 0.3 is 0 Å². The van der Waals surface area contributed by atoms with Crippen molar-refractivity contribution in [3.05, 3.63) is 106 Å². The van der Waals surface area contributed by atoms with E-state index >= 15 is 0 Å². The van der Waals surface area contributed by atoms with Crippen LogP contribution in [0.15, 0.2) is 78.9 Å². The molecule has 0 spiro atoms. The molecule has 25 heavy (non-hydrogen) atoms. The molecule has 0 aromatic heterocycles. The van der Waals surface area contributed by atoms with Crippen molar-refractivity contribution in [1.82, 2.24) is 0 Å². The van der Waals surface area contributed by atoms with Crippen LogP contribution in [0.1, 0.15) is 16.7 Å². The third-order valence-electron chi connectivity index (χ3n) is 4.31. The lowest BCUT2D eigenvalue weighted by molar-refractivity contribution is -0.682. The van der Waals surface area contributed by atoms with E-state index in [9.17, 15) is 5.11 Å². The van der Waals surface area contributed by atoms with Crippen LogP contribution in [-0.2, 0) is 12.1 Å². The van der Waals surface area contributed by atoms with E-state index in [-0.39, 0.29) is 0 Å². The molecule has 0 unspecified atom stereocenters. The second-order valence-electron chi connectivity index (χ2n) is 6.06. The van der Waals surface area contributed by atoms with Gasteiger partial charge in [-0.15, -0.1) is 0 Å². The van der Waals surface area contributed by atoms with Gasteiger partial charge in [-0.3, -0.25) is 0 Å². The van der Waals surface area contributed by atoms with Gasteiger partial charge in [0.2, 0.25) is 0 Å². The first-order valence-corrected chi connectivity index (χ1v) is 8.93. The van der Waals surface area contributed by atoms with E-state index in [4.69, 9.17) is 23.2 Å². The molecule has 0 bridgehead atoms. The Bertz CT molecular complexity index is 804. The van der Waals surface area contributed by atoms with Crippen molar-refractivity contribution in [2.75, 3.05) is 6.54 Å². The lowest BCUT2D eigenvalue weighted by Gasteiger charge is -2.28. The Kier molecular flexibility index (Phi) is 5.77. The largest absolute Gasteiger partial charge is 0.375 e. The summed E-state index contributed by atoms with van der Waals surface area (Å²) >= 11 is 11.9. The van der Waals surface area contributed by atoms with Crippen molar-refractivity contribution in [3.63, 3.8) is 0 Å². The Morgan fingerprint density at radius 2 is 1.24 bits per heavy atom. The molecule has 0 aliphatic carbocycles. The standard InChI is InChI=1S/C21H19Cl2NO/c22-19-10-6-16(7-11-19)14-24-15-21(25,17-4-2-1-3-5-17)18-8-12-20(23)13-9-18/h1-13,24-25H,14-15H2/p+1/t21-/m0/s1. The number of hydrogen-bond donors (Lipinski definition) is 2. The minimum absolute atomic E-state index is 0.501. The van der Waals surface area contributed by atoms with Crippen LogP contribution in [0.2, 0.25) is 10.0 Å². The molecule has 0 heterocycles. The first-order chi connectivity index (χ1) is 12.1. The summed E-state index contributed by atoms with van der Waals surface area (Å²) in [5.41, 5.74) is 1.77. The SMILES string of the molecule is O[C@@](C[NH2+]Cc1ccc(Cl)cc1)(c1ccccc1)c1ccc(Cl)cc1. The Hall–Kier alpha value is -1.84. The van der Waals surface area contributed by atoms with Crippen molar-refractivity contribution in [2.24, 2.45) is 0 Å². The second-order valence-corrected chi connectivity index (χ2v) is 6.93. The predicted octanol–water partition coefficient (Wildman–Crippen LogP) is 3.99. The number of halogens is 2. The highest BCUT2D eigenvalue weighted by molar-refractivity contribution is 6.30. The molecular formula is C21H20Cl2NO+. The van der Waals surface area contributed by atoms with Gasteiger partial charge in [0.1, 0.15) is 13.1 Å². The summed E-state index contributed by atoms with van der Waals surface area (Å²) in [7, 11) is 0. The van der Waals surface area contributed by atoms with Gasteiger partial charge in [0.05, 0.1) is 0 Å². The molecule has 0 radical (unpaired) electrons. The molecule has 0 saturated heterocycles. The normalized spacial score (nSPS) is 13.4. The Labute approximate surface area is 158 Å². The van der Waals surface area contributed by atoms with Crippen LogP contribution in [0.4, 0.5) is 0 Å². The molecule has 3 rings (SSSR count). The lowest BCUT2D eigenvalue weighted by Crippen LogP contribution is -2.86. The van der Waals surface area contributed by atoms with Gasteiger partial charge in [0.25, 0.3) is 0 Å². The molecule has 3 aromatic rings. The number of nitrogens with two attached hydrogens (primary N) is 1. The number of rotatable bonds is 6. The molecule has 3 N–H and O–H groups in total. The highest BCUT2D eigenvalue weighted by Crippen LogP contribution is 2.29. The molecule has 0 fully saturated rings. The summed E-state index contributed by atoms with van der Waals surface area (Å²) in [6, 6.07) is 24.9. The summed E-state index contributed by atoms with van der Waals surface area (Å²) in [4.78, 5) is 0. The van der Waals surface area contributed by atoms with Gasteiger partial charge in [-0.05, 0) is 35.4 Å². The summed E-state index contributed by atoms with van der Waals surface area (Å²) < 4.78 is 0. The van der Waals surface area contributed by atoms with Crippen LogP contribution in [-0.4, -0.2) is 11.7 Å². The van der Waals surface area contributed by atoms with Gasteiger partial charge in [-0.2, -0.15) is 0 Å². The molecular weight excluding hydrogens is 353 g/mol. The van der Waals surface area contributed by atoms with Crippen LogP contribution in [0, 0.1) is 0 Å². The molecule has 128 valence electrons. The van der Waals surface area contributed by atoms with E-state index in [0.717, 1.165) is 28.3 Å². The van der Waals surface area contributed by atoms with E-state index in [1.807, 2.05) is 78.9 Å². The van der Waals surface area contributed by atoms with E-state index in [1.165, 1.54) is 0 Å². The quantitative estimate of drug-likeness (QED) is 0.674. The van der Waals surface area contributed by atoms with E-state index in [1.54, 1.807) is 0 Å². The number of quaternary nitrogens is 1. The zero-order chi connectivity index (χ0) is 17.7. The fourth-order valence-electron chi connectivity index (χ4n) is 2.91. The van der Waals surface area contributed by atoms with Gasteiger partial charge in [0.15, 0.2) is 5.60 Å². The minimum Gasteiger partial charge on any atom is -0.375 e. The average molecular weight is 373 g/mol. The summed E-state index contributed by atoms with van der Waals surface area (Å²) in [5.74, 6) is 0. The highest BCUT2D eigenvalue weighted by atomic mass is 35.5. The Balaban J connectivity index is 1.81. The summed E-state index contributed by atoms with van der Waals surface area (Å²) in [5, 5.41) is 15.0. The molecule has 0 aliphatic rings. The van der Waals surface area contributed by atoms with Gasteiger partial charge in [-0.1, -0.05) is 77.8 Å². The third kappa shape index (κ3) is 4.42. The first kappa shape index (κ1) is 18.0. The van der Waals surface area contributed by atoms with Crippen molar-refractivity contribution < 1.29 is 10.4 Å². The van der Waals surface area contributed by atoms with Crippen LogP contribution < -0.4 is 5.32 Å². The monoisotopic (exact) mass is 372 g/mol. The van der Waals surface area contributed by atoms with Crippen LogP contribution in [0.3, 0.4) is 0 Å². The maximum Gasteiger partial charge on any atom is 0.163 e. The van der Waals surface area contributed by atoms with Gasteiger partial charge in [-0.25, -0.2) is 0 Å². The maximum absolute atomic E-state index is 11.5. The predicted molar refractivity (Wildman–Crippen MR) is 103 cm³/mol. The average Bonchev–Trinajstić information content (AvgIpc) is 2.64. The molecule has 0 amide bonds. The van der Waals surface area contributed by atoms with E-state index < -0.39 is 5.60 Å². The smallest absolute Gasteiger partial charge is 0.163 e. The molecule has 3 aromatic carbocycles. The first-order valence-electron chi connectivity index (χ1n) is 8.18. The molecule has 4 heteroatoms. The Morgan fingerprint density at radius 3 is 1.84 bits per heavy atom. The van der Waals surface area contributed by atoms with Crippen LogP contribution in [0.5, 0.6) is 0 Å². The van der Waals surface area contributed by atoms with Gasteiger partial charge in [0, 0.05) is 15.6 Å². The summed E-state index contributed by atoms with van der Waals surface area (Å²) in [6.07, 6.45) is 0. The molecule has 0 aliphatic heterocycles. The zero-order valence-corrected chi connectivity index (χ0v) is 15.2. The number of hydrogen-bond acceptors (Lipinski definition) is 1. The topological polar surface area (TPSA) is 36.8 Å². The lowest BCUT2D eigenvalue weighted by atomic mass is 9.86. The fourth-order valence-corrected chi connectivity index (χ4v) is 3.16. The minimum atomic E-state index is -1.09. The third-order valence-corrected chi connectivity index (χ3v) is 4.81. The number of aliphatic hydroxyl groups is 1. The van der Waals surface area contributed by atoms with Crippen molar-refractivity contribution in [1.29, 1.82) is 0 Å². The van der Waals surface area contributed by atoms with Crippen molar-refractivity contribution in [2.45, 2.75) is 12.1 Å². The summed E-state index contributed by atoms with van der Waals surface area (Å²) in [6.45, 7) is 1.27.